The highest BCUT2D eigenvalue weighted by atomic mass is 79.9. The van der Waals surface area contributed by atoms with E-state index in [2.05, 4.69) is 15.9 Å². The quantitative estimate of drug-likeness (QED) is 0.873. The van der Waals surface area contributed by atoms with Gasteiger partial charge in [-0.05, 0) is 24.3 Å². The number of carbonyl (C=O) groups is 1. The van der Waals surface area contributed by atoms with Gasteiger partial charge in [0.2, 0.25) is 0 Å². The lowest BCUT2D eigenvalue weighted by Crippen LogP contribution is -2.05. The third-order valence-corrected chi connectivity index (χ3v) is 3.43. The summed E-state index contributed by atoms with van der Waals surface area (Å²) in [6, 6.07) is 8.91. The zero-order chi connectivity index (χ0) is 14.7. The molecule has 3 nitrogen and oxygen atoms in total. The first-order valence-corrected chi connectivity index (χ1v) is 6.74. The van der Waals surface area contributed by atoms with Gasteiger partial charge in [-0.15, -0.1) is 0 Å². The summed E-state index contributed by atoms with van der Waals surface area (Å²) in [6.45, 7) is -0.0205. The van der Waals surface area contributed by atoms with E-state index in [9.17, 15) is 9.18 Å². The Morgan fingerprint density at radius 3 is 2.75 bits per heavy atom. The van der Waals surface area contributed by atoms with Crippen LogP contribution in [0.5, 0.6) is 5.75 Å². The SMILES string of the molecule is O=C(O)c1cccc(F)c1OCc1ccc(Br)cc1Cl. The second-order valence-corrected chi connectivity index (χ2v) is 5.27. The Labute approximate surface area is 128 Å². The standard InChI is InChI=1S/C14H9BrClFO3/c15-9-5-4-8(11(16)6-9)7-20-13-10(14(18)19)2-1-3-12(13)17/h1-6H,7H2,(H,18,19). The van der Waals surface area contributed by atoms with E-state index in [-0.39, 0.29) is 17.9 Å². The first kappa shape index (κ1) is 14.8. The molecule has 0 heterocycles. The van der Waals surface area contributed by atoms with Gasteiger partial charge in [-0.2, -0.15) is 0 Å². The topological polar surface area (TPSA) is 46.5 Å². The molecule has 2 aromatic carbocycles. The van der Waals surface area contributed by atoms with Gasteiger partial charge >= 0.3 is 5.97 Å². The normalized spacial score (nSPS) is 10.3. The molecule has 0 aliphatic heterocycles. The Kier molecular flexibility index (Phi) is 4.62. The lowest BCUT2D eigenvalue weighted by atomic mass is 10.2. The fourth-order valence-electron chi connectivity index (χ4n) is 1.61. The second kappa shape index (κ2) is 6.24. The summed E-state index contributed by atoms with van der Waals surface area (Å²) in [5, 5.41) is 9.45. The van der Waals surface area contributed by atoms with E-state index in [1.54, 1.807) is 18.2 Å². The maximum absolute atomic E-state index is 13.6. The molecular formula is C14H9BrClFO3. The molecule has 0 aromatic heterocycles. The molecule has 0 fully saturated rings. The third-order valence-electron chi connectivity index (χ3n) is 2.58. The molecule has 0 saturated heterocycles. The van der Waals surface area contributed by atoms with Gasteiger partial charge in [0.15, 0.2) is 11.6 Å². The number of hydrogen-bond acceptors (Lipinski definition) is 2. The van der Waals surface area contributed by atoms with Crippen LogP contribution >= 0.6 is 27.5 Å². The van der Waals surface area contributed by atoms with Gasteiger partial charge in [-0.25, -0.2) is 9.18 Å². The van der Waals surface area contributed by atoms with Crippen molar-refractivity contribution in [1.29, 1.82) is 0 Å². The number of hydrogen-bond donors (Lipinski definition) is 1. The van der Waals surface area contributed by atoms with Gasteiger partial charge in [-0.1, -0.05) is 39.7 Å². The average Bonchev–Trinajstić information content (AvgIpc) is 2.38. The maximum atomic E-state index is 13.6. The minimum absolute atomic E-state index is 0.0205. The lowest BCUT2D eigenvalue weighted by Gasteiger charge is -2.11. The predicted octanol–water partition coefficient (Wildman–Crippen LogP) is 4.52. The molecule has 0 spiro atoms. The zero-order valence-corrected chi connectivity index (χ0v) is 12.4. The predicted molar refractivity (Wildman–Crippen MR) is 76.8 cm³/mol. The van der Waals surface area contributed by atoms with Crippen LogP contribution in [0.4, 0.5) is 4.39 Å². The average molecular weight is 360 g/mol. The van der Waals surface area contributed by atoms with Gasteiger partial charge in [0, 0.05) is 15.1 Å². The van der Waals surface area contributed by atoms with Gasteiger partial charge < -0.3 is 9.84 Å². The van der Waals surface area contributed by atoms with Crippen LogP contribution in [0.3, 0.4) is 0 Å². The number of carboxylic acid groups (broad SMARTS) is 1. The van der Waals surface area contributed by atoms with Crippen LogP contribution in [0.2, 0.25) is 5.02 Å². The third kappa shape index (κ3) is 3.29. The molecule has 0 saturated carbocycles. The van der Waals surface area contributed by atoms with Crippen molar-refractivity contribution in [2.24, 2.45) is 0 Å². The van der Waals surface area contributed by atoms with Crippen molar-refractivity contribution in [3.05, 3.63) is 62.8 Å². The lowest BCUT2D eigenvalue weighted by molar-refractivity contribution is 0.0690. The molecule has 104 valence electrons. The van der Waals surface area contributed by atoms with Crippen molar-refractivity contribution < 1.29 is 19.0 Å². The molecule has 0 atom stereocenters. The molecule has 20 heavy (non-hydrogen) atoms. The van der Waals surface area contributed by atoms with E-state index in [0.29, 0.717) is 10.6 Å². The smallest absolute Gasteiger partial charge is 0.339 e. The first-order valence-electron chi connectivity index (χ1n) is 5.57. The van der Waals surface area contributed by atoms with Crippen molar-refractivity contribution in [3.63, 3.8) is 0 Å². The van der Waals surface area contributed by atoms with E-state index in [4.69, 9.17) is 21.4 Å². The van der Waals surface area contributed by atoms with Crippen LogP contribution < -0.4 is 4.74 Å². The van der Waals surface area contributed by atoms with E-state index < -0.39 is 11.8 Å². The molecule has 0 bridgehead atoms. The summed E-state index contributed by atoms with van der Waals surface area (Å²) < 4.78 is 19.7. The number of benzene rings is 2. The number of ether oxygens (including phenoxy) is 1. The highest BCUT2D eigenvalue weighted by Gasteiger charge is 2.16. The van der Waals surface area contributed by atoms with Crippen LogP contribution in [0.25, 0.3) is 0 Å². The van der Waals surface area contributed by atoms with Crippen molar-refractivity contribution in [2.45, 2.75) is 6.61 Å². The summed E-state index contributed by atoms with van der Waals surface area (Å²) in [5.74, 6) is -2.27. The Bertz CT molecular complexity index is 661. The summed E-state index contributed by atoms with van der Waals surface area (Å²) in [7, 11) is 0. The monoisotopic (exact) mass is 358 g/mol. The summed E-state index contributed by atoms with van der Waals surface area (Å²) >= 11 is 9.29. The second-order valence-electron chi connectivity index (χ2n) is 3.95. The molecule has 2 rings (SSSR count). The van der Waals surface area contributed by atoms with E-state index in [1.165, 1.54) is 12.1 Å². The van der Waals surface area contributed by atoms with E-state index >= 15 is 0 Å². The van der Waals surface area contributed by atoms with E-state index in [0.717, 1.165) is 10.5 Å². The molecule has 0 unspecified atom stereocenters. The Morgan fingerprint density at radius 2 is 2.10 bits per heavy atom. The highest BCUT2D eigenvalue weighted by Crippen LogP contribution is 2.26. The van der Waals surface area contributed by atoms with Crippen LogP contribution in [0.1, 0.15) is 15.9 Å². The van der Waals surface area contributed by atoms with Gasteiger partial charge in [0.05, 0.1) is 0 Å². The summed E-state index contributed by atoms with van der Waals surface area (Å²) in [4.78, 5) is 11.0. The molecule has 1 N–H and O–H groups in total. The molecule has 0 aliphatic carbocycles. The van der Waals surface area contributed by atoms with Crippen molar-refractivity contribution in [3.8, 4) is 5.75 Å². The van der Waals surface area contributed by atoms with E-state index in [1.807, 2.05) is 0 Å². The van der Waals surface area contributed by atoms with Gasteiger partial charge in [0.25, 0.3) is 0 Å². The Hall–Kier alpha value is -1.59. The van der Waals surface area contributed by atoms with Crippen LogP contribution in [0, 0.1) is 5.82 Å². The minimum atomic E-state index is -1.25. The van der Waals surface area contributed by atoms with Gasteiger partial charge in [0.1, 0.15) is 12.2 Å². The molecular weight excluding hydrogens is 351 g/mol. The molecule has 0 amide bonds. The zero-order valence-electron chi connectivity index (χ0n) is 10.1. The van der Waals surface area contributed by atoms with Crippen molar-refractivity contribution in [2.75, 3.05) is 0 Å². The summed E-state index contributed by atoms with van der Waals surface area (Å²) in [6.07, 6.45) is 0. The maximum Gasteiger partial charge on any atom is 0.339 e. The molecule has 2 aromatic rings. The number of aromatic carboxylic acids is 1. The number of rotatable bonds is 4. The minimum Gasteiger partial charge on any atom is -0.485 e. The Balaban J connectivity index is 2.25. The highest BCUT2D eigenvalue weighted by molar-refractivity contribution is 9.10. The van der Waals surface area contributed by atoms with Crippen molar-refractivity contribution >= 4 is 33.5 Å². The largest absolute Gasteiger partial charge is 0.485 e. The fraction of sp³-hybridized carbons (Fsp3) is 0.0714. The molecule has 0 aliphatic rings. The molecule has 0 radical (unpaired) electrons. The first-order chi connectivity index (χ1) is 9.49. The van der Waals surface area contributed by atoms with Crippen LogP contribution in [0.15, 0.2) is 40.9 Å². The summed E-state index contributed by atoms with van der Waals surface area (Å²) in [5.41, 5.74) is 0.410. The van der Waals surface area contributed by atoms with Gasteiger partial charge in [-0.3, -0.25) is 0 Å². The van der Waals surface area contributed by atoms with Crippen LogP contribution in [-0.2, 0) is 6.61 Å². The number of para-hydroxylation sites is 1. The fourth-order valence-corrected chi connectivity index (χ4v) is 2.34. The Morgan fingerprint density at radius 1 is 1.35 bits per heavy atom. The van der Waals surface area contributed by atoms with Crippen molar-refractivity contribution in [1.82, 2.24) is 0 Å². The van der Waals surface area contributed by atoms with Crippen LogP contribution in [-0.4, -0.2) is 11.1 Å². The number of halogens is 3. The molecule has 6 heteroatoms. The number of carboxylic acids is 1.